The van der Waals surface area contributed by atoms with Crippen molar-refractivity contribution < 1.29 is 14.6 Å². The van der Waals surface area contributed by atoms with Crippen LogP contribution in [0, 0.1) is 0 Å². The second-order valence-electron chi connectivity index (χ2n) is 8.53. The Bertz CT molecular complexity index is 1210. The molecular weight excluding hydrogens is 388 g/mol. The van der Waals surface area contributed by atoms with Gasteiger partial charge in [-0.25, -0.2) is 0 Å². The molecular formula is C26H26N2O3. The van der Waals surface area contributed by atoms with Crippen LogP contribution in [0.1, 0.15) is 25.0 Å². The van der Waals surface area contributed by atoms with E-state index < -0.39 is 0 Å². The van der Waals surface area contributed by atoms with E-state index in [-0.39, 0.29) is 11.3 Å². The molecule has 2 aliphatic rings. The number of para-hydroxylation sites is 2. The number of ether oxygens (including phenoxy) is 2. The zero-order chi connectivity index (χ0) is 21.8. The third kappa shape index (κ3) is 3.08. The first-order chi connectivity index (χ1) is 14.9. The lowest BCUT2D eigenvalue weighted by Gasteiger charge is -2.33. The van der Waals surface area contributed by atoms with Crippen LogP contribution in [-0.2, 0) is 6.54 Å². The molecule has 0 saturated heterocycles. The maximum absolute atomic E-state index is 9.93. The van der Waals surface area contributed by atoms with Gasteiger partial charge in [-0.2, -0.15) is 0 Å². The highest BCUT2D eigenvalue weighted by Gasteiger charge is 2.37. The van der Waals surface area contributed by atoms with Crippen LogP contribution in [0.15, 0.2) is 60.7 Å². The normalized spacial score (nSPS) is 15.7. The molecule has 2 heterocycles. The van der Waals surface area contributed by atoms with E-state index in [0.717, 1.165) is 28.3 Å². The molecule has 5 nitrogen and oxygen atoms in total. The van der Waals surface area contributed by atoms with Gasteiger partial charge in [-0.3, -0.25) is 0 Å². The van der Waals surface area contributed by atoms with Crippen LogP contribution in [0.2, 0.25) is 0 Å². The smallest absolute Gasteiger partial charge is 0.142 e. The van der Waals surface area contributed by atoms with Crippen LogP contribution >= 0.6 is 0 Å². The SMILES string of the molecule is COc1cc(O)ccc1-c1ccc2c3c1CN(c1ccccc1OC)C3=CC(C)(C)N2. The summed E-state index contributed by atoms with van der Waals surface area (Å²) in [6.07, 6.45) is 2.29. The van der Waals surface area contributed by atoms with Gasteiger partial charge in [-0.1, -0.05) is 18.2 Å². The molecule has 2 aliphatic heterocycles. The van der Waals surface area contributed by atoms with Crippen molar-refractivity contribution in [3.8, 4) is 28.4 Å². The average Bonchev–Trinajstić information content (AvgIpc) is 3.13. The zero-order valence-corrected chi connectivity index (χ0v) is 18.2. The highest BCUT2D eigenvalue weighted by molar-refractivity contribution is 5.98. The minimum absolute atomic E-state index is 0.179. The quantitative estimate of drug-likeness (QED) is 0.578. The summed E-state index contributed by atoms with van der Waals surface area (Å²) in [5.41, 5.74) is 7.65. The first-order valence-electron chi connectivity index (χ1n) is 10.4. The standard InChI is InChI=1S/C26H26N2O3/c1-26(2)14-22-25-19(15-28(22)21-7-5-6-8-23(21)30-3)17(11-12-20(25)27-26)18-10-9-16(29)13-24(18)31-4/h5-14,27,29H,15H2,1-4H3. The van der Waals surface area contributed by atoms with Gasteiger partial charge in [0.2, 0.25) is 0 Å². The number of rotatable bonds is 4. The Kier molecular flexibility index (Phi) is 4.36. The molecule has 0 atom stereocenters. The van der Waals surface area contributed by atoms with E-state index in [1.165, 1.54) is 16.8 Å². The summed E-state index contributed by atoms with van der Waals surface area (Å²) in [4.78, 5) is 2.33. The average molecular weight is 415 g/mol. The van der Waals surface area contributed by atoms with Crippen molar-refractivity contribution in [1.82, 2.24) is 0 Å². The van der Waals surface area contributed by atoms with Crippen LogP contribution in [0.5, 0.6) is 17.2 Å². The van der Waals surface area contributed by atoms with Gasteiger partial charge in [0, 0.05) is 35.1 Å². The van der Waals surface area contributed by atoms with Crippen LogP contribution in [0.4, 0.5) is 11.4 Å². The Labute approximate surface area is 182 Å². The number of phenolic OH excluding ortho intramolecular Hbond substituents is 1. The van der Waals surface area contributed by atoms with Crippen molar-refractivity contribution in [3.05, 3.63) is 71.8 Å². The Balaban J connectivity index is 1.74. The van der Waals surface area contributed by atoms with E-state index in [0.29, 0.717) is 12.3 Å². The fraction of sp³-hybridized carbons (Fsp3) is 0.231. The maximum Gasteiger partial charge on any atom is 0.142 e. The van der Waals surface area contributed by atoms with Crippen molar-refractivity contribution in [2.45, 2.75) is 25.9 Å². The molecule has 3 aromatic rings. The van der Waals surface area contributed by atoms with Crippen LogP contribution in [-0.4, -0.2) is 24.9 Å². The molecule has 0 aromatic heterocycles. The molecule has 0 spiro atoms. The highest BCUT2D eigenvalue weighted by Crippen LogP contribution is 2.51. The first-order valence-corrected chi connectivity index (χ1v) is 10.4. The second-order valence-corrected chi connectivity index (χ2v) is 8.53. The molecule has 0 fully saturated rings. The van der Waals surface area contributed by atoms with Gasteiger partial charge in [0.1, 0.15) is 17.2 Å². The number of nitrogens with one attached hydrogen (secondary N) is 1. The van der Waals surface area contributed by atoms with Gasteiger partial charge in [-0.05, 0) is 61.4 Å². The Morgan fingerprint density at radius 1 is 0.935 bits per heavy atom. The number of hydrogen-bond acceptors (Lipinski definition) is 5. The number of nitrogens with zero attached hydrogens (tertiary/aromatic N) is 1. The topological polar surface area (TPSA) is 54.0 Å². The molecule has 0 amide bonds. The van der Waals surface area contributed by atoms with Crippen molar-refractivity contribution in [2.24, 2.45) is 0 Å². The molecule has 2 N–H and O–H groups in total. The van der Waals surface area contributed by atoms with E-state index in [9.17, 15) is 5.11 Å². The van der Waals surface area contributed by atoms with E-state index in [4.69, 9.17) is 9.47 Å². The molecule has 5 rings (SSSR count). The van der Waals surface area contributed by atoms with E-state index in [1.54, 1.807) is 26.4 Å². The Morgan fingerprint density at radius 3 is 2.45 bits per heavy atom. The van der Waals surface area contributed by atoms with Gasteiger partial charge in [0.05, 0.1) is 25.4 Å². The monoisotopic (exact) mass is 414 g/mol. The number of anilines is 2. The molecule has 0 unspecified atom stereocenters. The molecule has 0 radical (unpaired) electrons. The summed E-state index contributed by atoms with van der Waals surface area (Å²) in [6, 6.07) is 17.7. The molecule has 5 heteroatoms. The van der Waals surface area contributed by atoms with Crippen molar-refractivity contribution in [2.75, 3.05) is 24.4 Å². The molecule has 0 bridgehead atoms. The van der Waals surface area contributed by atoms with Crippen molar-refractivity contribution in [3.63, 3.8) is 0 Å². The maximum atomic E-state index is 9.93. The molecule has 0 saturated carbocycles. The Morgan fingerprint density at radius 2 is 1.68 bits per heavy atom. The fourth-order valence-electron chi connectivity index (χ4n) is 4.68. The van der Waals surface area contributed by atoms with Gasteiger partial charge in [0.15, 0.2) is 0 Å². The minimum atomic E-state index is -0.179. The number of benzene rings is 3. The lowest BCUT2D eigenvalue weighted by atomic mass is 9.89. The predicted molar refractivity (Wildman–Crippen MR) is 125 cm³/mol. The summed E-state index contributed by atoms with van der Waals surface area (Å²) in [5.74, 6) is 1.69. The minimum Gasteiger partial charge on any atom is -0.508 e. The number of hydrogen-bond donors (Lipinski definition) is 2. The summed E-state index contributed by atoms with van der Waals surface area (Å²) in [7, 11) is 3.34. The number of phenols is 1. The summed E-state index contributed by atoms with van der Waals surface area (Å²) >= 11 is 0. The van der Waals surface area contributed by atoms with Gasteiger partial charge < -0.3 is 24.8 Å². The third-order valence-electron chi connectivity index (χ3n) is 5.98. The lowest BCUT2D eigenvalue weighted by molar-refractivity contribution is 0.409. The molecule has 158 valence electrons. The molecule has 3 aromatic carbocycles. The number of methoxy groups -OCH3 is 2. The molecule has 0 aliphatic carbocycles. The van der Waals surface area contributed by atoms with E-state index >= 15 is 0 Å². The summed E-state index contributed by atoms with van der Waals surface area (Å²) in [5, 5.41) is 13.6. The fourth-order valence-corrected chi connectivity index (χ4v) is 4.68. The first kappa shape index (κ1) is 19.4. The predicted octanol–water partition coefficient (Wildman–Crippen LogP) is 5.64. The zero-order valence-electron chi connectivity index (χ0n) is 18.2. The number of aromatic hydroxyl groups is 1. The van der Waals surface area contributed by atoms with Gasteiger partial charge in [0.25, 0.3) is 0 Å². The van der Waals surface area contributed by atoms with Crippen molar-refractivity contribution in [1.29, 1.82) is 0 Å². The highest BCUT2D eigenvalue weighted by atomic mass is 16.5. The second kappa shape index (κ2) is 6.98. The van der Waals surface area contributed by atoms with E-state index in [1.807, 2.05) is 24.3 Å². The lowest BCUT2D eigenvalue weighted by Crippen LogP contribution is -2.33. The summed E-state index contributed by atoms with van der Waals surface area (Å²) < 4.78 is 11.3. The van der Waals surface area contributed by atoms with Crippen molar-refractivity contribution >= 4 is 17.1 Å². The largest absolute Gasteiger partial charge is 0.508 e. The van der Waals surface area contributed by atoms with Gasteiger partial charge >= 0.3 is 0 Å². The Hall–Kier alpha value is -3.60. The van der Waals surface area contributed by atoms with Gasteiger partial charge in [-0.15, -0.1) is 0 Å². The van der Waals surface area contributed by atoms with E-state index in [2.05, 4.69) is 48.3 Å². The van der Waals surface area contributed by atoms with Crippen LogP contribution in [0.25, 0.3) is 16.8 Å². The van der Waals surface area contributed by atoms with Crippen LogP contribution < -0.4 is 19.7 Å². The summed E-state index contributed by atoms with van der Waals surface area (Å²) in [6.45, 7) is 5.07. The third-order valence-corrected chi connectivity index (χ3v) is 5.98. The van der Waals surface area contributed by atoms with Crippen LogP contribution in [0.3, 0.4) is 0 Å². The molecule has 31 heavy (non-hydrogen) atoms.